The summed E-state index contributed by atoms with van der Waals surface area (Å²) in [6.07, 6.45) is -2.84. The average molecular weight is 249 g/mol. The number of ether oxygens (including phenoxy) is 1. The van der Waals surface area contributed by atoms with Crippen molar-refractivity contribution in [3.8, 4) is 5.88 Å². The first-order chi connectivity index (χ1) is 7.97. The number of nitrogens with one attached hydrogen (secondary N) is 1. The second kappa shape index (κ2) is 5.70. The van der Waals surface area contributed by atoms with Gasteiger partial charge in [0, 0.05) is 13.1 Å². The molecule has 1 rings (SSSR count). The van der Waals surface area contributed by atoms with Crippen LogP contribution in [-0.4, -0.2) is 23.6 Å². The lowest BCUT2D eigenvalue weighted by Crippen LogP contribution is -2.12. The number of rotatable bonds is 5. The van der Waals surface area contributed by atoms with Gasteiger partial charge in [-0.1, -0.05) is 13.3 Å². The SMILES string of the molecule is CCCCOc1cc(C(F)(F)F)nc(NC)n1. The number of nitrogens with zero attached hydrogens (tertiary/aromatic N) is 2. The molecule has 1 N–H and O–H groups in total. The largest absolute Gasteiger partial charge is 0.478 e. The van der Waals surface area contributed by atoms with Crippen LogP contribution < -0.4 is 10.1 Å². The molecule has 4 nitrogen and oxygen atoms in total. The molecule has 1 aromatic heterocycles. The van der Waals surface area contributed by atoms with Crippen LogP contribution in [0, 0.1) is 0 Å². The van der Waals surface area contributed by atoms with Gasteiger partial charge in [0.2, 0.25) is 11.8 Å². The Kier molecular flexibility index (Phi) is 4.53. The van der Waals surface area contributed by atoms with E-state index in [9.17, 15) is 13.2 Å². The Morgan fingerprint density at radius 2 is 2.06 bits per heavy atom. The molecule has 0 aliphatic carbocycles. The number of halogens is 3. The van der Waals surface area contributed by atoms with Crippen LogP contribution in [-0.2, 0) is 6.18 Å². The number of unbranched alkanes of at least 4 members (excludes halogenated alkanes) is 1. The summed E-state index contributed by atoms with van der Waals surface area (Å²) in [4.78, 5) is 7.12. The molecule has 0 unspecified atom stereocenters. The second-order valence-corrected chi connectivity index (χ2v) is 3.36. The summed E-state index contributed by atoms with van der Waals surface area (Å²) in [7, 11) is 1.45. The first-order valence-corrected chi connectivity index (χ1v) is 5.24. The van der Waals surface area contributed by atoms with Crippen molar-refractivity contribution in [1.82, 2.24) is 9.97 Å². The van der Waals surface area contributed by atoms with Crippen LogP contribution in [0.25, 0.3) is 0 Å². The molecular weight excluding hydrogens is 235 g/mol. The normalized spacial score (nSPS) is 11.4. The van der Waals surface area contributed by atoms with Crippen LogP contribution in [0.4, 0.5) is 19.1 Å². The van der Waals surface area contributed by atoms with Crippen molar-refractivity contribution in [1.29, 1.82) is 0 Å². The molecule has 1 aromatic rings. The number of hydrogen-bond acceptors (Lipinski definition) is 4. The Balaban J connectivity index is 2.89. The zero-order valence-corrected chi connectivity index (χ0v) is 9.64. The fourth-order valence-electron chi connectivity index (χ4n) is 1.08. The van der Waals surface area contributed by atoms with Crippen molar-refractivity contribution in [2.24, 2.45) is 0 Å². The number of aromatic nitrogens is 2. The highest BCUT2D eigenvalue weighted by atomic mass is 19.4. The minimum Gasteiger partial charge on any atom is -0.478 e. The van der Waals surface area contributed by atoms with Gasteiger partial charge in [0.1, 0.15) is 0 Å². The standard InChI is InChI=1S/C10H14F3N3O/c1-3-4-5-17-8-6-7(10(11,12)13)15-9(14-2)16-8/h6H,3-5H2,1-2H3,(H,14,15,16). The van der Waals surface area contributed by atoms with Crippen molar-refractivity contribution in [3.63, 3.8) is 0 Å². The summed E-state index contributed by atoms with van der Waals surface area (Å²) in [5.41, 5.74) is -1.01. The Morgan fingerprint density at radius 3 is 2.59 bits per heavy atom. The van der Waals surface area contributed by atoms with E-state index in [2.05, 4.69) is 15.3 Å². The van der Waals surface area contributed by atoms with E-state index in [-0.39, 0.29) is 11.8 Å². The van der Waals surface area contributed by atoms with Crippen LogP contribution in [0.5, 0.6) is 5.88 Å². The fraction of sp³-hybridized carbons (Fsp3) is 0.600. The van der Waals surface area contributed by atoms with Crippen LogP contribution in [0.1, 0.15) is 25.5 Å². The molecule has 0 saturated heterocycles. The van der Waals surface area contributed by atoms with Crippen molar-refractivity contribution in [2.45, 2.75) is 25.9 Å². The quantitative estimate of drug-likeness (QED) is 0.815. The summed E-state index contributed by atoms with van der Waals surface area (Å²) in [5.74, 6) is -0.170. The smallest absolute Gasteiger partial charge is 0.433 e. The third-order valence-electron chi connectivity index (χ3n) is 1.96. The van der Waals surface area contributed by atoms with E-state index in [1.54, 1.807) is 0 Å². The van der Waals surface area contributed by atoms with E-state index < -0.39 is 11.9 Å². The van der Waals surface area contributed by atoms with E-state index in [1.165, 1.54) is 7.05 Å². The average Bonchev–Trinajstić information content (AvgIpc) is 2.28. The zero-order valence-electron chi connectivity index (χ0n) is 9.64. The van der Waals surface area contributed by atoms with E-state index >= 15 is 0 Å². The molecule has 0 amide bonds. The monoisotopic (exact) mass is 249 g/mol. The molecule has 0 aliphatic rings. The van der Waals surface area contributed by atoms with Gasteiger partial charge in [-0.2, -0.15) is 18.2 Å². The molecular formula is C10H14F3N3O. The van der Waals surface area contributed by atoms with Crippen LogP contribution in [0.15, 0.2) is 6.07 Å². The minimum absolute atomic E-state index is 0.0647. The maximum atomic E-state index is 12.5. The lowest BCUT2D eigenvalue weighted by Gasteiger charge is -2.10. The summed E-state index contributed by atoms with van der Waals surface area (Å²) in [6, 6.07) is 0.802. The third-order valence-corrected chi connectivity index (χ3v) is 1.96. The van der Waals surface area contributed by atoms with E-state index in [1.807, 2.05) is 6.92 Å². The lowest BCUT2D eigenvalue weighted by atomic mass is 10.3. The number of anilines is 1. The molecule has 0 spiro atoms. The Bertz CT molecular complexity index is 368. The van der Waals surface area contributed by atoms with E-state index in [0.717, 1.165) is 18.9 Å². The van der Waals surface area contributed by atoms with E-state index in [0.29, 0.717) is 6.61 Å². The van der Waals surface area contributed by atoms with Gasteiger partial charge in [0.15, 0.2) is 5.69 Å². The number of alkyl halides is 3. The predicted molar refractivity (Wildman–Crippen MR) is 57.0 cm³/mol. The molecule has 0 fully saturated rings. The van der Waals surface area contributed by atoms with Crippen LogP contribution in [0.3, 0.4) is 0 Å². The fourth-order valence-corrected chi connectivity index (χ4v) is 1.08. The van der Waals surface area contributed by atoms with Crippen molar-refractivity contribution in [3.05, 3.63) is 11.8 Å². The first-order valence-electron chi connectivity index (χ1n) is 5.24. The van der Waals surface area contributed by atoms with Crippen LogP contribution >= 0.6 is 0 Å². The minimum atomic E-state index is -4.50. The van der Waals surface area contributed by atoms with Crippen molar-refractivity contribution < 1.29 is 17.9 Å². The number of hydrogen-bond donors (Lipinski definition) is 1. The summed E-state index contributed by atoms with van der Waals surface area (Å²) < 4.78 is 42.6. The third kappa shape index (κ3) is 4.08. The topological polar surface area (TPSA) is 47.0 Å². The maximum Gasteiger partial charge on any atom is 0.433 e. The van der Waals surface area contributed by atoms with Gasteiger partial charge in [-0.15, -0.1) is 0 Å². The second-order valence-electron chi connectivity index (χ2n) is 3.36. The molecule has 0 aromatic carbocycles. The molecule has 0 aliphatic heterocycles. The maximum absolute atomic E-state index is 12.5. The van der Waals surface area contributed by atoms with Gasteiger partial charge >= 0.3 is 6.18 Å². The van der Waals surface area contributed by atoms with Gasteiger partial charge in [0.05, 0.1) is 6.61 Å². The van der Waals surface area contributed by atoms with Gasteiger partial charge in [-0.25, -0.2) is 4.98 Å². The van der Waals surface area contributed by atoms with Crippen molar-refractivity contribution in [2.75, 3.05) is 19.0 Å². The van der Waals surface area contributed by atoms with Crippen LogP contribution in [0.2, 0.25) is 0 Å². The lowest BCUT2D eigenvalue weighted by molar-refractivity contribution is -0.141. The highest BCUT2D eigenvalue weighted by Gasteiger charge is 2.33. The molecule has 0 bridgehead atoms. The summed E-state index contributed by atoms with van der Waals surface area (Å²) >= 11 is 0. The molecule has 7 heteroatoms. The predicted octanol–water partition coefficient (Wildman–Crippen LogP) is 2.72. The molecule has 96 valence electrons. The molecule has 17 heavy (non-hydrogen) atoms. The van der Waals surface area contributed by atoms with Gasteiger partial charge in [0.25, 0.3) is 0 Å². The zero-order chi connectivity index (χ0) is 12.9. The molecule has 0 atom stereocenters. The summed E-state index contributed by atoms with van der Waals surface area (Å²) in [5, 5.41) is 2.47. The van der Waals surface area contributed by atoms with Gasteiger partial charge < -0.3 is 10.1 Å². The van der Waals surface area contributed by atoms with Gasteiger partial charge in [-0.3, -0.25) is 0 Å². The van der Waals surface area contributed by atoms with E-state index in [4.69, 9.17) is 4.74 Å². The highest BCUT2D eigenvalue weighted by molar-refractivity contribution is 5.31. The Labute approximate surface area is 97.2 Å². The Morgan fingerprint density at radius 1 is 1.35 bits per heavy atom. The van der Waals surface area contributed by atoms with Gasteiger partial charge in [-0.05, 0) is 6.42 Å². The Hall–Kier alpha value is -1.53. The highest BCUT2D eigenvalue weighted by Crippen LogP contribution is 2.30. The summed E-state index contributed by atoms with van der Waals surface area (Å²) in [6.45, 7) is 2.30. The molecule has 0 radical (unpaired) electrons. The van der Waals surface area contributed by atoms with Crippen molar-refractivity contribution >= 4 is 5.95 Å². The molecule has 0 saturated carbocycles. The molecule has 1 heterocycles. The first kappa shape index (κ1) is 13.5.